The lowest BCUT2D eigenvalue weighted by atomic mass is 10.2. The molecule has 5 nitrogen and oxygen atoms in total. The van der Waals surface area contributed by atoms with Gasteiger partial charge in [-0.25, -0.2) is 5.43 Å². The third-order valence-corrected chi connectivity index (χ3v) is 3.71. The maximum absolute atomic E-state index is 11.7. The van der Waals surface area contributed by atoms with E-state index in [0.717, 1.165) is 15.6 Å². The number of hydrogen-bond acceptors (Lipinski definition) is 3. The number of benzene rings is 2. The molecule has 24 heavy (non-hydrogen) atoms. The summed E-state index contributed by atoms with van der Waals surface area (Å²) in [5.41, 5.74) is 4.31. The van der Waals surface area contributed by atoms with Crippen molar-refractivity contribution in [3.05, 3.63) is 70.2 Å². The molecule has 2 N–H and O–H groups in total. The third kappa shape index (κ3) is 6.75. The smallest absolute Gasteiger partial charge is 0.240 e. The van der Waals surface area contributed by atoms with Gasteiger partial charge in [-0.15, -0.1) is 0 Å². The van der Waals surface area contributed by atoms with Crippen LogP contribution in [0.1, 0.15) is 24.0 Å². The summed E-state index contributed by atoms with van der Waals surface area (Å²) in [7, 11) is 0. The van der Waals surface area contributed by atoms with E-state index in [9.17, 15) is 9.59 Å². The van der Waals surface area contributed by atoms with E-state index < -0.39 is 0 Å². The van der Waals surface area contributed by atoms with Crippen molar-refractivity contribution in [3.63, 3.8) is 0 Å². The summed E-state index contributed by atoms with van der Waals surface area (Å²) in [6.07, 6.45) is 1.78. The Kier molecular flexibility index (Phi) is 7.17. The summed E-state index contributed by atoms with van der Waals surface area (Å²) in [5.74, 6) is -0.455. The van der Waals surface area contributed by atoms with Crippen LogP contribution < -0.4 is 10.7 Å². The highest BCUT2D eigenvalue weighted by Crippen LogP contribution is 2.08. The maximum atomic E-state index is 11.7. The van der Waals surface area contributed by atoms with Crippen LogP contribution in [0.4, 0.5) is 0 Å². The highest BCUT2D eigenvalue weighted by molar-refractivity contribution is 9.10. The second-order valence-electron chi connectivity index (χ2n) is 5.11. The first-order valence-corrected chi connectivity index (χ1v) is 8.31. The average Bonchev–Trinajstić information content (AvgIpc) is 2.61. The van der Waals surface area contributed by atoms with Gasteiger partial charge in [0.25, 0.3) is 0 Å². The van der Waals surface area contributed by atoms with E-state index in [1.807, 2.05) is 54.6 Å². The van der Waals surface area contributed by atoms with Crippen molar-refractivity contribution in [1.29, 1.82) is 0 Å². The van der Waals surface area contributed by atoms with E-state index >= 15 is 0 Å². The van der Waals surface area contributed by atoms with Gasteiger partial charge in [-0.2, -0.15) is 5.10 Å². The van der Waals surface area contributed by atoms with Crippen molar-refractivity contribution >= 4 is 34.0 Å². The Morgan fingerprint density at radius 1 is 0.958 bits per heavy atom. The molecule has 0 bridgehead atoms. The number of carbonyl (C=O) groups excluding carboxylic acids is 2. The zero-order valence-electron chi connectivity index (χ0n) is 13.0. The van der Waals surface area contributed by atoms with Crippen LogP contribution in [0.25, 0.3) is 0 Å². The second-order valence-corrected chi connectivity index (χ2v) is 6.02. The molecular formula is C18H18BrN3O2. The zero-order valence-corrected chi connectivity index (χ0v) is 14.6. The number of hydrazone groups is 1. The Bertz CT molecular complexity index is 700. The van der Waals surface area contributed by atoms with Crippen molar-refractivity contribution in [2.45, 2.75) is 19.4 Å². The minimum Gasteiger partial charge on any atom is -0.352 e. The monoisotopic (exact) mass is 387 g/mol. The van der Waals surface area contributed by atoms with Gasteiger partial charge in [0.05, 0.1) is 6.21 Å². The number of halogens is 1. The standard InChI is InChI=1S/C18H18BrN3O2/c19-16-8-6-15(7-9-16)13-21-22-18(24)11-10-17(23)20-12-14-4-2-1-3-5-14/h1-9,13H,10-12H2,(H,20,23)(H,22,24)/b21-13+. The van der Waals surface area contributed by atoms with E-state index in [1.54, 1.807) is 6.21 Å². The first-order chi connectivity index (χ1) is 11.6. The molecule has 0 heterocycles. The number of rotatable bonds is 7. The molecule has 2 aromatic rings. The molecule has 0 saturated heterocycles. The Balaban J connectivity index is 1.65. The molecule has 2 rings (SSSR count). The largest absolute Gasteiger partial charge is 0.352 e. The maximum Gasteiger partial charge on any atom is 0.240 e. The molecule has 0 saturated carbocycles. The predicted molar refractivity (Wildman–Crippen MR) is 97.4 cm³/mol. The Hall–Kier alpha value is -2.47. The molecule has 124 valence electrons. The second kappa shape index (κ2) is 9.62. The molecule has 0 aliphatic rings. The van der Waals surface area contributed by atoms with Gasteiger partial charge in [-0.05, 0) is 23.3 Å². The highest BCUT2D eigenvalue weighted by Gasteiger charge is 2.05. The molecule has 0 atom stereocenters. The van der Waals surface area contributed by atoms with E-state index in [4.69, 9.17) is 0 Å². The summed E-state index contributed by atoms with van der Waals surface area (Å²) >= 11 is 3.35. The summed E-state index contributed by atoms with van der Waals surface area (Å²) in [6.45, 7) is 0.461. The van der Waals surface area contributed by atoms with Crippen LogP contribution in [0.5, 0.6) is 0 Å². The highest BCUT2D eigenvalue weighted by atomic mass is 79.9. The lowest BCUT2D eigenvalue weighted by molar-refractivity contribution is -0.126. The van der Waals surface area contributed by atoms with Gasteiger partial charge in [-0.1, -0.05) is 58.4 Å². The summed E-state index contributed by atoms with van der Waals surface area (Å²) in [6, 6.07) is 17.1. The fraction of sp³-hybridized carbons (Fsp3) is 0.167. The summed E-state index contributed by atoms with van der Waals surface area (Å²) in [5, 5.41) is 6.65. The zero-order chi connectivity index (χ0) is 17.2. The van der Waals surface area contributed by atoms with Gasteiger partial charge in [-0.3, -0.25) is 9.59 Å². The molecule has 2 aromatic carbocycles. The molecule has 0 unspecified atom stereocenters. The number of carbonyl (C=O) groups is 2. The van der Waals surface area contributed by atoms with Crippen molar-refractivity contribution in [3.8, 4) is 0 Å². The van der Waals surface area contributed by atoms with Crippen LogP contribution in [-0.4, -0.2) is 18.0 Å². The summed E-state index contributed by atoms with van der Waals surface area (Å²) in [4.78, 5) is 23.4. The molecule has 2 amide bonds. The van der Waals surface area contributed by atoms with E-state index in [2.05, 4.69) is 31.8 Å². The molecule has 0 aliphatic carbocycles. The average molecular weight is 388 g/mol. The van der Waals surface area contributed by atoms with Gasteiger partial charge < -0.3 is 5.32 Å². The van der Waals surface area contributed by atoms with Crippen LogP contribution in [0.15, 0.2) is 64.2 Å². The topological polar surface area (TPSA) is 70.6 Å². The lowest BCUT2D eigenvalue weighted by Gasteiger charge is -2.04. The molecule has 0 radical (unpaired) electrons. The van der Waals surface area contributed by atoms with Gasteiger partial charge in [0, 0.05) is 23.9 Å². The van der Waals surface area contributed by atoms with Gasteiger partial charge in [0.2, 0.25) is 11.8 Å². The first kappa shape index (κ1) is 17.9. The van der Waals surface area contributed by atoms with Gasteiger partial charge >= 0.3 is 0 Å². The minimum absolute atomic E-state index is 0.0955. The van der Waals surface area contributed by atoms with Crippen LogP contribution in [0.2, 0.25) is 0 Å². The van der Waals surface area contributed by atoms with Crippen LogP contribution in [0.3, 0.4) is 0 Å². The number of amides is 2. The fourth-order valence-electron chi connectivity index (χ4n) is 1.90. The van der Waals surface area contributed by atoms with E-state index in [1.165, 1.54) is 0 Å². The lowest BCUT2D eigenvalue weighted by Crippen LogP contribution is -2.25. The molecule has 0 fully saturated rings. The van der Waals surface area contributed by atoms with Crippen LogP contribution in [-0.2, 0) is 16.1 Å². The van der Waals surface area contributed by atoms with E-state index in [-0.39, 0.29) is 24.7 Å². The number of hydrogen-bond donors (Lipinski definition) is 2. The Morgan fingerprint density at radius 3 is 2.33 bits per heavy atom. The Morgan fingerprint density at radius 2 is 1.62 bits per heavy atom. The van der Waals surface area contributed by atoms with Crippen molar-refractivity contribution < 1.29 is 9.59 Å². The molecule has 0 spiro atoms. The van der Waals surface area contributed by atoms with Crippen LogP contribution >= 0.6 is 15.9 Å². The summed E-state index contributed by atoms with van der Waals surface area (Å²) < 4.78 is 0.977. The molecular weight excluding hydrogens is 370 g/mol. The quantitative estimate of drug-likeness (QED) is 0.566. The van der Waals surface area contributed by atoms with Crippen molar-refractivity contribution in [1.82, 2.24) is 10.7 Å². The predicted octanol–water partition coefficient (Wildman–Crippen LogP) is 3.00. The molecule has 0 aliphatic heterocycles. The SMILES string of the molecule is O=C(CCC(=O)N/N=C/c1ccc(Br)cc1)NCc1ccccc1. The van der Waals surface area contributed by atoms with Gasteiger partial charge in [0.15, 0.2) is 0 Å². The molecule has 6 heteroatoms. The number of nitrogens with one attached hydrogen (secondary N) is 2. The van der Waals surface area contributed by atoms with Crippen molar-refractivity contribution in [2.75, 3.05) is 0 Å². The van der Waals surface area contributed by atoms with Crippen molar-refractivity contribution in [2.24, 2.45) is 5.10 Å². The first-order valence-electron chi connectivity index (χ1n) is 7.51. The Labute approximate surface area is 149 Å². The molecule has 0 aromatic heterocycles. The number of nitrogens with zero attached hydrogens (tertiary/aromatic N) is 1. The van der Waals surface area contributed by atoms with Gasteiger partial charge in [0.1, 0.15) is 0 Å². The van der Waals surface area contributed by atoms with Crippen LogP contribution in [0, 0.1) is 0 Å². The third-order valence-electron chi connectivity index (χ3n) is 3.18. The minimum atomic E-state index is -0.293. The fourth-order valence-corrected chi connectivity index (χ4v) is 2.16. The normalized spacial score (nSPS) is 10.5. The van der Waals surface area contributed by atoms with E-state index in [0.29, 0.717) is 6.54 Å².